The number of carbonyl (C=O) groups excluding carboxylic acids is 2. The molecule has 7 heteroatoms. The third kappa shape index (κ3) is 4.06. The minimum Gasteiger partial charge on any atom is -0.308 e. The van der Waals surface area contributed by atoms with Gasteiger partial charge in [-0.3, -0.25) is 14.2 Å². The van der Waals surface area contributed by atoms with E-state index in [1.807, 2.05) is 110 Å². The number of fused-ring (bicyclic) bond motifs is 3. The van der Waals surface area contributed by atoms with Crippen LogP contribution in [0.1, 0.15) is 38.9 Å². The lowest BCUT2D eigenvalue weighted by Gasteiger charge is -2.31. The highest BCUT2D eigenvalue weighted by molar-refractivity contribution is 6.07. The molecule has 0 spiro atoms. The van der Waals surface area contributed by atoms with Crippen molar-refractivity contribution in [2.45, 2.75) is 39.2 Å². The Morgan fingerprint density at radius 1 is 0.889 bits per heavy atom. The first kappa shape index (κ1) is 23.5. The van der Waals surface area contributed by atoms with Crippen molar-refractivity contribution in [3.8, 4) is 17.1 Å². The largest absolute Gasteiger partial charge is 0.308 e. The van der Waals surface area contributed by atoms with Gasteiger partial charge in [0.25, 0.3) is 0 Å². The van der Waals surface area contributed by atoms with Gasteiger partial charge in [0.2, 0.25) is 11.8 Å². The van der Waals surface area contributed by atoms with Crippen molar-refractivity contribution in [3.05, 3.63) is 90.8 Å². The minimum absolute atomic E-state index is 0.0662. The van der Waals surface area contributed by atoms with Crippen molar-refractivity contribution in [3.63, 3.8) is 0 Å². The van der Waals surface area contributed by atoms with E-state index < -0.39 is 5.92 Å². The molecule has 0 saturated heterocycles. The molecule has 1 aliphatic rings. The SMILES string of the molecule is CCC1C(=O)N(CC(=O)N(c2ccccc2)C(C)C)c2ccccc2-n2c(-c3ccccc3)nnc21. The number of aromatic nitrogens is 3. The van der Waals surface area contributed by atoms with Crippen molar-refractivity contribution in [2.75, 3.05) is 16.3 Å². The average Bonchev–Trinajstić information content (AvgIpc) is 3.30. The lowest BCUT2D eigenvalue weighted by Crippen LogP contribution is -2.47. The summed E-state index contributed by atoms with van der Waals surface area (Å²) in [5.41, 5.74) is 3.17. The van der Waals surface area contributed by atoms with E-state index in [0.29, 0.717) is 23.8 Å². The van der Waals surface area contributed by atoms with Crippen LogP contribution in [0.15, 0.2) is 84.9 Å². The van der Waals surface area contributed by atoms with Gasteiger partial charge in [-0.05, 0) is 44.5 Å². The van der Waals surface area contributed by atoms with Crippen molar-refractivity contribution in [2.24, 2.45) is 0 Å². The van der Waals surface area contributed by atoms with E-state index in [4.69, 9.17) is 0 Å². The maximum absolute atomic E-state index is 14.0. The zero-order valence-electron chi connectivity index (χ0n) is 20.7. The Bertz CT molecular complexity index is 1380. The van der Waals surface area contributed by atoms with E-state index in [9.17, 15) is 9.59 Å². The number of para-hydroxylation sites is 3. The molecule has 182 valence electrons. The molecule has 1 aromatic heterocycles. The van der Waals surface area contributed by atoms with Gasteiger partial charge in [0.15, 0.2) is 11.6 Å². The number of carbonyl (C=O) groups is 2. The van der Waals surface area contributed by atoms with E-state index in [2.05, 4.69) is 10.2 Å². The van der Waals surface area contributed by atoms with Gasteiger partial charge in [-0.1, -0.05) is 67.6 Å². The number of amides is 2. The summed E-state index contributed by atoms with van der Waals surface area (Å²) in [5, 5.41) is 8.97. The molecule has 0 saturated carbocycles. The predicted octanol–water partition coefficient (Wildman–Crippen LogP) is 5.22. The van der Waals surface area contributed by atoms with Crippen LogP contribution in [0.25, 0.3) is 17.1 Å². The Kier molecular flexibility index (Phi) is 6.38. The highest BCUT2D eigenvalue weighted by atomic mass is 16.2. The fourth-order valence-electron chi connectivity index (χ4n) is 4.88. The fourth-order valence-corrected chi connectivity index (χ4v) is 4.88. The van der Waals surface area contributed by atoms with Gasteiger partial charge < -0.3 is 9.80 Å². The highest BCUT2D eigenvalue weighted by Crippen LogP contribution is 2.38. The smallest absolute Gasteiger partial charge is 0.247 e. The first-order chi connectivity index (χ1) is 17.5. The molecule has 2 amide bonds. The van der Waals surface area contributed by atoms with Crippen LogP contribution in [0.3, 0.4) is 0 Å². The second-order valence-electron chi connectivity index (χ2n) is 9.15. The Morgan fingerprint density at radius 3 is 2.14 bits per heavy atom. The molecule has 0 N–H and O–H groups in total. The first-order valence-corrected chi connectivity index (χ1v) is 12.3. The van der Waals surface area contributed by atoms with Crippen LogP contribution >= 0.6 is 0 Å². The predicted molar refractivity (Wildman–Crippen MR) is 141 cm³/mol. The van der Waals surface area contributed by atoms with Crippen LogP contribution < -0.4 is 9.80 Å². The summed E-state index contributed by atoms with van der Waals surface area (Å²) in [5.74, 6) is 0.438. The van der Waals surface area contributed by atoms with Crippen LogP contribution in [0.2, 0.25) is 0 Å². The second kappa shape index (κ2) is 9.77. The fraction of sp³-hybridized carbons (Fsp3) is 0.241. The molecule has 1 atom stereocenters. The molecule has 1 unspecified atom stereocenters. The van der Waals surface area contributed by atoms with E-state index >= 15 is 0 Å². The molecule has 5 rings (SSSR count). The molecule has 4 aromatic rings. The standard InChI is InChI=1S/C29H29N5O2/c1-4-23-28-31-30-27(21-13-7-5-8-14-21)34(28)25-18-12-11-17-24(25)32(29(23)36)19-26(35)33(20(2)3)22-15-9-6-10-16-22/h5-18,20,23H,4,19H2,1-3H3. The summed E-state index contributed by atoms with van der Waals surface area (Å²) < 4.78 is 1.97. The molecule has 0 radical (unpaired) electrons. The summed E-state index contributed by atoms with van der Waals surface area (Å²) in [6.45, 7) is 5.85. The van der Waals surface area contributed by atoms with E-state index in [-0.39, 0.29) is 24.4 Å². The zero-order valence-corrected chi connectivity index (χ0v) is 20.7. The lowest BCUT2D eigenvalue weighted by molar-refractivity contribution is -0.123. The van der Waals surface area contributed by atoms with E-state index in [1.54, 1.807) is 9.80 Å². The number of hydrogen-bond donors (Lipinski definition) is 0. The number of benzene rings is 3. The quantitative estimate of drug-likeness (QED) is 0.380. The molecule has 36 heavy (non-hydrogen) atoms. The maximum atomic E-state index is 14.0. The van der Waals surface area contributed by atoms with Crippen molar-refractivity contribution >= 4 is 23.2 Å². The van der Waals surface area contributed by atoms with Crippen LogP contribution in [-0.2, 0) is 9.59 Å². The molecule has 7 nitrogen and oxygen atoms in total. The van der Waals surface area contributed by atoms with Gasteiger partial charge in [0.05, 0.1) is 17.3 Å². The Morgan fingerprint density at radius 2 is 1.50 bits per heavy atom. The van der Waals surface area contributed by atoms with E-state index in [0.717, 1.165) is 16.9 Å². The number of nitrogens with zero attached hydrogens (tertiary/aromatic N) is 5. The number of rotatable bonds is 6. The van der Waals surface area contributed by atoms with Crippen LogP contribution in [0.4, 0.5) is 11.4 Å². The first-order valence-electron chi connectivity index (χ1n) is 12.3. The Hall–Kier alpha value is -4.26. The van der Waals surface area contributed by atoms with Crippen LogP contribution in [-0.4, -0.2) is 39.2 Å². The molecule has 0 fully saturated rings. The molecule has 1 aliphatic heterocycles. The van der Waals surface area contributed by atoms with Gasteiger partial charge in [-0.15, -0.1) is 10.2 Å². The van der Waals surface area contributed by atoms with Crippen LogP contribution in [0.5, 0.6) is 0 Å². The normalized spacial score (nSPS) is 14.8. The van der Waals surface area contributed by atoms with Crippen molar-refractivity contribution < 1.29 is 9.59 Å². The highest BCUT2D eigenvalue weighted by Gasteiger charge is 2.38. The summed E-state index contributed by atoms with van der Waals surface area (Å²) in [7, 11) is 0. The number of hydrogen-bond acceptors (Lipinski definition) is 4. The molecular weight excluding hydrogens is 450 g/mol. The number of anilines is 2. The van der Waals surface area contributed by atoms with Gasteiger partial charge in [-0.25, -0.2) is 0 Å². The van der Waals surface area contributed by atoms with Gasteiger partial charge >= 0.3 is 0 Å². The average molecular weight is 480 g/mol. The Labute approximate surface area is 211 Å². The van der Waals surface area contributed by atoms with Gasteiger partial charge in [0.1, 0.15) is 6.54 Å². The lowest BCUT2D eigenvalue weighted by atomic mass is 10.0. The molecule has 2 heterocycles. The third-order valence-corrected chi connectivity index (χ3v) is 6.53. The summed E-state index contributed by atoms with van der Waals surface area (Å²) in [4.78, 5) is 31.1. The Balaban J connectivity index is 1.62. The van der Waals surface area contributed by atoms with Gasteiger partial charge in [0, 0.05) is 17.3 Å². The third-order valence-electron chi connectivity index (χ3n) is 6.53. The second-order valence-corrected chi connectivity index (χ2v) is 9.15. The molecule has 0 aliphatic carbocycles. The van der Waals surface area contributed by atoms with Crippen LogP contribution in [0, 0.1) is 0 Å². The van der Waals surface area contributed by atoms with Gasteiger partial charge in [-0.2, -0.15) is 0 Å². The van der Waals surface area contributed by atoms with Crippen molar-refractivity contribution in [1.29, 1.82) is 0 Å². The zero-order chi connectivity index (χ0) is 25.2. The topological polar surface area (TPSA) is 71.3 Å². The molecule has 3 aromatic carbocycles. The molecular formula is C29H29N5O2. The summed E-state index contributed by atoms with van der Waals surface area (Å²) in [6.07, 6.45) is 0.539. The molecule has 0 bridgehead atoms. The summed E-state index contributed by atoms with van der Waals surface area (Å²) in [6, 6.07) is 27.0. The van der Waals surface area contributed by atoms with E-state index in [1.165, 1.54) is 0 Å². The monoisotopic (exact) mass is 479 g/mol. The summed E-state index contributed by atoms with van der Waals surface area (Å²) >= 11 is 0. The minimum atomic E-state index is -0.528. The van der Waals surface area contributed by atoms with Crippen molar-refractivity contribution in [1.82, 2.24) is 14.8 Å². The maximum Gasteiger partial charge on any atom is 0.247 e.